The van der Waals surface area contributed by atoms with E-state index >= 15 is 0 Å². The SMILES string of the molecule is CC(C)(C)C1NC(=O)C1C1CC1. The van der Waals surface area contributed by atoms with E-state index in [2.05, 4.69) is 26.1 Å². The molecule has 0 aromatic rings. The van der Waals surface area contributed by atoms with E-state index in [1.54, 1.807) is 0 Å². The molecule has 0 aromatic carbocycles. The molecule has 1 aliphatic heterocycles. The number of carbonyl (C=O) groups excluding carboxylic acids is 1. The van der Waals surface area contributed by atoms with Crippen LogP contribution in [0, 0.1) is 17.3 Å². The maximum Gasteiger partial charge on any atom is 0.225 e. The Morgan fingerprint density at radius 2 is 1.92 bits per heavy atom. The number of nitrogens with one attached hydrogen (secondary N) is 1. The van der Waals surface area contributed by atoms with Gasteiger partial charge in [0.2, 0.25) is 5.91 Å². The number of hydrogen-bond donors (Lipinski definition) is 1. The normalized spacial score (nSPS) is 35.8. The first-order valence-corrected chi connectivity index (χ1v) is 4.80. The molecule has 1 amide bonds. The predicted molar refractivity (Wildman–Crippen MR) is 47.6 cm³/mol. The molecule has 0 aromatic heterocycles. The van der Waals surface area contributed by atoms with E-state index in [0.29, 0.717) is 17.9 Å². The van der Waals surface area contributed by atoms with E-state index in [1.165, 1.54) is 12.8 Å². The first kappa shape index (κ1) is 8.09. The molecule has 0 bridgehead atoms. The molecule has 0 radical (unpaired) electrons. The van der Waals surface area contributed by atoms with Gasteiger partial charge < -0.3 is 5.32 Å². The van der Waals surface area contributed by atoms with Crippen LogP contribution in [0.25, 0.3) is 0 Å². The minimum atomic E-state index is 0.237. The molecule has 2 fully saturated rings. The molecular formula is C10H17NO. The molecular weight excluding hydrogens is 150 g/mol. The quantitative estimate of drug-likeness (QED) is 0.590. The summed E-state index contributed by atoms with van der Waals surface area (Å²) in [6, 6.07) is 0.428. The Bertz CT molecular complexity index is 212. The summed E-state index contributed by atoms with van der Waals surface area (Å²) in [6.45, 7) is 6.60. The van der Waals surface area contributed by atoms with Crippen LogP contribution in [0.5, 0.6) is 0 Å². The number of carbonyl (C=O) groups is 1. The molecule has 1 aliphatic carbocycles. The lowest BCUT2D eigenvalue weighted by Crippen LogP contribution is -2.64. The highest BCUT2D eigenvalue weighted by Crippen LogP contribution is 2.46. The molecule has 12 heavy (non-hydrogen) atoms. The van der Waals surface area contributed by atoms with Crippen molar-refractivity contribution in [3.63, 3.8) is 0 Å². The number of hydrogen-bond acceptors (Lipinski definition) is 1. The van der Waals surface area contributed by atoms with Crippen LogP contribution in [0.3, 0.4) is 0 Å². The second kappa shape index (κ2) is 2.24. The van der Waals surface area contributed by atoms with Crippen LogP contribution in [-0.4, -0.2) is 11.9 Å². The molecule has 2 nitrogen and oxygen atoms in total. The molecule has 1 N–H and O–H groups in total. The molecule has 2 unspecified atom stereocenters. The van der Waals surface area contributed by atoms with E-state index in [0.717, 1.165) is 0 Å². The average molecular weight is 167 g/mol. The van der Waals surface area contributed by atoms with Crippen molar-refractivity contribution < 1.29 is 4.79 Å². The van der Waals surface area contributed by atoms with Crippen molar-refractivity contribution in [1.82, 2.24) is 5.32 Å². The molecule has 2 atom stereocenters. The third-order valence-electron chi connectivity index (χ3n) is 3.02. The van der Waals surface area contributed by atoms with Crippen molar-refractivity contribution in [1.29, 1.82) is 0 Å². The van der Waals surface area contributed by atoms with Crippen LogP contribution >= 0.6 is 0 Å². The lowest BCUT2D eigenvalue weighted by molar-refractivity contribution is -0.140. The maximum absolute atomic E-state index is 11.3. The summed E-state index contributed by atoms with van der Waals surface area (Å²) in [4.78, 5) is 11.3. The zero-order chi connectivity index (χ0) is 8.93. The summed E-state index contributed by atoms with van der Waals surface area (Å²) in [6.07, 6.45) is 2.54. The van der Waals surface area contributed by atoms with Gasteiger partial charge >= 0.3 is 0 Å². The second-order valence-electron chi connectivity index (χ2n) is 5.22. The Hall–Kier alpha value is -0.530. The van der Waals surface area contributed by atoms with Crippen LogP contribution in [0.2, 0.25) is 0 Å². The summed E-state index contributed by atoms with van der Waals surface area (Å²) >= 11 is 0. The van der Waals surface area contributed by atoms with Gasteiger partial charge in [-0.2, -0.15) is 0 Å². The molecule has 0 spiro atoms. The van der Waals surface area contributed by atoms with Crippen molar-refractivity contribution in [3.8, 4) is 0 Å². The van der Waals surface area contributed by atoms with E-state index in [9.17, 15) is 4.79 Å². The summed E-state index contributed by atoms with van der Waals surface area (Å²) in [5.74, 6) is 1.34. The smallest absolute Gasteiger partial charge is 0.225 e. The summed E-state index contributed by atoms with van der Waals surface area (Å²) in [7, 11) is 0. The fourth-order valence-corrected chi connectivity index (χ4v) is 2.09. The molecule has 2 rings (SSSR count). The van der Waals surface area contributed by atoms with Gasteiger partial charge in [-0.1, -0.05) is 20.8 Å². The highest BCUT2D eigenvalue weighted by Gasteiger charge is 2.52. The maximum atomic E-state index is 11.3. The molecule has 1 heterocycles. The zero-order valence-electron chi connectivity index (χ0n) is 8.05. The Labute approximate surface area is 73.7 Å². The van der Waals surface area contributed by atoms with E-state index < -0.39 is 0 Å². The van der Waals surface area contributed by atoms with Crippen molar-refractivity contribution in [2.24, 2.45) is 17.3 Å². The minimum Gasteiger partial charge on any atom is -0.352 e. The summed E-state index contributed by atoms with van der Waals surface area (Å²) in [5, 5.41) is 3.02. The van der Waals surface area contributed by atoms with Gasteiger partial charge in [-0.3, -0.25) is 4.79 Å². The Balaban J connectivity index is 2.05. The number of amides is 1. The van der Waals surface area contributed by atoms with E-state index in [4.69, 9.17) is 0 Å². The Kier molecular flexibility index (Phi) is 1.51. The van der Waals surface area contributed by atoms with Gasteiger partial charge in [0.15, 0.2) is 0 Å². The number of β-lactam (4-membered cyclic amide) rings is 1. The zero-order valence-corrected chi connectivity index (χ0v) is 8.05. The summed E-state index contributed by atoms with van der Waals surface area (Å²) < 4.78 is 0. The van der Waals surface area contributed by atoms with Gasteiger partial charge in [0.05, 0.1) is 5.92 Å². The highest BCUT2D eigenvalue weighted by atomic mass is 16.2. The van der Waals surface area contributed by atoms with Gasteiger partial charge in [0.1, 0.15) is 0 Å². The minimum absolute atomic E-state index is 0.237. The number of rotatable bonds is 1. The largest absolute Gasteiger partial charge is 0.352 e. The molecule has 1 saturated heterocycles. The first-order valence-electron chi connectivity index (χ1n) is 4.80. The lowest BCUT2D eigenvalue weighted by Gasteiger charge is -2.45. The van der Waals surface area contributed by atoms with Crippen molar-refractivity contribution in [2.75, 3.05) is 0 Å². The third kappa shape index (κ3) is 1.13. The van der Waals surface area contributed by atoms with E-state index in [1.807, 2.05) is 0 Å². The third-order valence-corrected chi connectivity index (χ3v) is 3.02. The Morgan fingerprint density at radius 1 is 1.33 bits per heavy atom. The van der Waals surface area contributed by atoms with Crippen LogP contribution in [0.4, 0.5) is 0 Å². The van der Waals surface area contributed by atoms with Gasteiger partial charge in [-0.15, -0.1) is 0 Å². The monoisotopic (exact) mass is 167 g/mol. The standard InChI is InChI=1S/C10H17NO/c1-10(2,3)8-7(6-4-5-6)9(12)11-8/h6-8H,4-5H2,1-3H3,(H,11,12). The highest BCUT2D eigenvalue weighted by molar-refractivity contribution is 5.86. The molecule has 2 aliphatic rings. The topological polar surface area (TPSA) is 29.1 Å². The van der Waals surface area contributed by atoms with Gasteiger partial charge in [0.25, 0.3) is 0 Å². The predicted octanol–water partition coefficient (Wildman–Crippen LogP) is 1.56. The average Bonchev–Trinajstić information content (AvgIpc) is 2.63. The van der Waals surface area contributed by atoms with Gasteiger partial charge in [-0.25, -0.2) is 0 Å². The fraction of sp³-hybridized carbons (Fsp3) is 0.900. The lowest BCUT2D eigenvalue weighted by atomic mass is 9.71. The van der Waals surface area contributed by atoms with Crippen molar-refractivity contribution in [3.05, 3.63) is 0 Å². The van der Waals surface area contributed by atoms with E-state index in [-0.39, 0.29) is 11.3 Å². The van der Waals surface area contributed by atoms with Crippen molar-refractivity contribution in [2.45, 2.75) is 39.7 Å². The van der Waals surface area contributed by atoms with Crippen LogP contribution in [0.15, 0.2) is 0 Å². The Morgan fingerprint density at radius 3 is 2.25 bits per heavy atom. The molecule has 2 heteroatoms. The molecule has 1 saturated carbocycles. The van der Waals surface area contributed by atoms with Crippen LogP contribution < -0.4 is 5.32 Å². The van der Waals surface area contributed by atoms with Gasteiger partial charge in [0, 0.05) is 6.04 Å². The fourth-order valence-electron chi connectivity index (χ4n) is 2.09. The summed E-state index contributed by atoms with van der Waals surface area (Å²) in [5.41, 5.74) is 0.237. The van der Waals surface area contributed by atoms with Gasteiger partial charge in [-0.05, 0) is 24.2 Å². The van der Waals surface area contributed by atoms with Crippen LogP contribution in [-0.2, 0) is 4.79 Å². The van der Waals surface area contributed by atoms with Crippen LogP contribution in [0.1, 0.15) is 33.6 Å². The first-order chi connectivity index (χ1) is 5.50. The van der Waals surface area contributed by atoms with Crippen molar-refractivity contribution >= 4 is 5.91 Å². The second-order valence-corrected chi connectivity index (χ2v) is 5.22. The molecule has 68 valence electrons.